The van der Waals surface area contributed by atoms with Crippen LogP contribution in [0.25, 0.3) is 0 Å². The van der Waals surface area contributed by atoms with Gasteiger partial charge in [0.25, 0.3) is 11.9 Å². The molecule has 0 fully saturated rings. The molecule has 0 aliphatic heterocycles. The Bertz CT molecular complexity index is 580. The molecule has 0 saturated heterocycles. The Morgan fingerprint density at radius 3 is 3.00 bits per heavy atom. The third kappa shape index (κ3) is 2.80. The minimum absolute atomic E-state index is 0.164. The maximum Gasteiger partial charge on any atom is 0.270 e. The third-order valence-electron chi connectivity index (χ3n) is 2.09. The molecule has 0 spiro atoms. The lowest BCUT2D eigenvalue weighted by Crippen LogP contribution is -2.13. The van der Waals surface area contributed by atoms with Gasteiger partial charge in [-0.05, 0) is 33.3 Å². The Kier molecular flexibility index (Phi) is 3.83. The number of nitrogens with one attached hydrogen (secondary N) is 1. The molecule has 0 aliphatic carbocycles. The van der Waals surface area contributed by atoms with Gasteiger partial charge in [-0.25, -0.2) is 0 Å². The van der Waals surface area contributed by atoms with E-state index >= 15 is 0 Å². The summed E-state index contributed by atoms with van der Waals surface area (Å²) in [4.78, 5) is 13.3. The van der Waals surface area contributed by atoms with Crippen molar-refractivity contribution in [2.75, 3.05) is 5.32 Å². The van der Waals surface area contributed by atoms with Crippen LogP contribution in [-0.4, -0.2) is 26.1 Å². The van der Waals surface area contributed by atoms with Crippen LogP contribution in [0.4, 0.5) is 5.95 Å². The molecule has 0 aliphatic rings. The fraction of sp³-hybridized carbons (Fsp3) is 0.0909. The van der Waals surface area contributed by atoms with Gasteiger partial charge in [0.1, 0.15) is 0 Å². The normalized spacial score (nSPS) is 10.1. The Balaban J connectivity index is 2.11. The van der Waals surface area contributed by atoms with Crippen LogP contribution in [0.15, 0.2) is 41.4 Å². The predicted molar refractivity (Wildman–Crippen MR) is 70.1 cm³/mol. The van der Waals surface area contributed by atoms with Crippen molar-refractivity contribution < 1.29 is 4.79 Å². The first-order chi connectivity index (χ1) is 8.70. The number of carbonyl (C=O) groups excluding carboxylic acids is 1. The summed E-state index contributed by atoms with van der Waals surface area (Å²) >= 11 is 3.30. The number of benzene rings is 1. The van der Waals surface area contributed by atoms with Gasteiger partial charge in [-0.1, -0.05) is 23.3 Å². The zero-order valence-corrected chi connectivity index (χ0v) is 11.0. The largest absolute Gasteiger partial charge is 0.288 e. The number of tetrazole rings is 1. The molecule has 1 amide bonds. The number of nitrogens with zero attached hydrogens (tertiary/aromatic N) is 4. The average molecular weight is 308 g/mol. The van der Waals surface area contributed by atoms with Gasteiger partial charge in [0, 0.05) is 4.47 Å². The van der Waals surface area contributed by atoms with Crippen molar-refractivity contribution >= 4 is 27.8 Å². The smallest absolute Gasteiger partial charge is 0.270 e. The molecule has 1 aromatic heterocycles. The second kappa shape index (κ2) is 5.54. The SMILES string of the molecule is C=CCn1nnc(NC(=O)c2ccccc2Br)n1. The fourth-order valence-corrected chi connectivity index (χ4v) is 1.77. The van der Waals surface area contributed by atoms with Crippen LogP contribution in [0.2, 0.25) is 0 Å². The van der Waals surface area contributed by atoms with E-state index in [2.05, 4.69) is 43.2 Å². The molecule has 18 heavy (non-hydrogen) atoms. The molecule has 0 atom stereocenters. The summed E-state index contributed by atoms with van der Waals surface area (Å²) in [5.41, 5.74) is 0.512. The molecule has 1 N–H and O–H groups in total. The number of aromatic nitrogens is 4. The van der Waals surface area contributed by atoms with Gasteiger partial charge >= 0.3 is 0 Å². The number of allylic oxidation sites excluding steroid dienone is 1. The second-order valence-corrected chi connectivity index (χ2v) is 4.24. The van der Waals surface area contributed by atoms with E-state index in [0.717, 1.165) is 0 Å². The number of carbonyl (C=O) groups is 1. The molecule has 0 saturated carbocycles. The molecule has 6 nitrogen and oxygen atoms in total. The van der Waals surface area contributed by atoms with Crippen LogP contribution in [0, 0.1) is 0 Å². The molecule has 0 bridgehead atoms. The summed E-state index contributed by atoms with van der Waals surface area (Å²) in [7, 11) is 0. The second-order valence-electron chi connectivity index (χ2n) is 3.39. The van der Waals surface area contributed by atoms with Crippen LogP contribution < -0.4 is 5.32 Å². The molecule has 1 heterocycles. The molecule has 7 heteroatoms. The summed E-state index contributed by atoms with van der Waals surface area (Å²) in [6, 6.07) is 7.10. The van der Waals surface area contributed by atoms with Gasteiger partial charge in [0.2, 0.25) is 0 Å². The number of rotatable bonds is 4. The minimum Gasteiger partial charge on any atom is -0.288 e. The van der Waals surface area contributed by atoms with E-state index in [9.17, 15) is 4.79 Å². The van der Waals surface area contributed by atoms with Crippen LogP contribution >= 0.6 is 15.9 Å². The van der Waals surface area contributed by atoms with E-state index in [1.54, 1.807) is 24.3 Å². The molecule has 0 radical (unpaired) electrons. The molecular formula is C11H10BrN5O. The standard InChI is InChI=1S/C11H10BrN5O/c1-2-7-17-15-11(14-16-17)13-10(18)8-5-3-4-6-9(8)12/h2-6H,1,7H2,(H,13,15,18). The molecule has 92 valence electrons. The highest BCUT2D eigenvalue weighted by Gasteiger charge is 2.12. The Labute approximate surface area is 112 Å². The fourth-order valence-electron chi connectivity index (χ4n) is 1.30. The summed E-state index contributed by atoms with van der Waals surface area (Å²) < 4.78 is 0.709. The number of anilines is 1. The lowest BCUT2D eigenvalue weighted by atomic mass is 10.2. The Morgan fingerprint density at radius 2 is 2.28 bits per heavy atom. The summed E-state index contributed by atoms with van der Waals surface area (Å²) in [5.74, 6) is -0.127. The van der Waals surface area contributed by atoms with Crippen LogP contribution in [-0.2, 0) is 6.54 Å². The van der Waals surface area contributed by atoms with E-state index in [4.69, 9.17) is 0 Å². The van der Waals surface area contributed by atoms with E-state index in [1.165, 1.54) is 4.80 Å². The van der Waals surface area contributed by atoms with Crippen molar-refractivity contribution in [3.05, 3.63) is 47.0 Å². The Morgan fingerprint density at radius 1 is 1.50 bits per heavy atom. The minimum atomic E-state index is -0.291. The first kappa shape index (κ1) is 12.4. The lowest BCUT2D eigenvalue weighted by molar-refractivity contribution is 0.102. The van der Waals surface area contributed by atoms with Crippen LogP contribution in [0.1, 0.15) is 10.4 Å². The quantitative estimate of drug-likeness (QED) is 0.875. The van der Waals surface area contributed by atoms with Crippen LogP contribution in [0.5, 0.6) is 0 Å². The molecule has 2 aromatic rings. The molecule has 0 unspecified atom stereocenters. The van der Waals surface area contributed by atoms with Gasteiger partial charge in [0.05, 0.1) is 12.1 Å². The topological polar surface area (TPSA) is 72.7 Å². The maximum absolute atomic E-state index is 11.9. The van der Waals surface area contributed by atoms with Gasteiger partial charge in [-0.3, -0.25) is 10.1 Å². The Hall–Kier alpha value is -2.02. The molecule has 2 rings (SSSR count). The highest BCUT2D eigenvalue weighted by atomic mass is 79.9. The number of halogens is 1. The number of amides is 1. The van der Waals surface area contributed by atoms with E-state index in [0.29, 0.717) is 16.6 Å². The van der Waals surface area contributed by atoms with Gasteiger partial charge in [-0.2, -0.15) is 4.80 Å². The molecular weight excluding hydrogens is 298 g/mol. The first-order valence-electron chi connectivity index (χ1n) is 5.15. The zero-order valence-electron chi connectivity index (χ0n) is 9.38. The van der Waals surface area contributed by atoms with E-state index in [1.807, 2.05) is 6.07 Å². The number of hydrogen-bond acceptors (Lipinski definition) is 4. The van der Waals surface area contributed by atoms with Gasteiger partial charge in [-0.15, -0.1) is 11.7 Å². The van der Waals surface area contributed by atoms with E-state index < -0.39 is 0 Å². The highest BCUT2D eigenvalue weighted by molar-refractivity contribution is 9.10. The van der Waals surface area contributed by atoms with Crippen LogP contribution in [0.3, 0.4) is 0 Å². The summed E-state index contributed by atoms with van der Waals surface area (Å²) in [5, 5.41) is 14.0. The average Bonchev–Trinajstić information content (AvgIpc) is 2.77. The zero-order chi connectivity index (χ0) is 13.0. The number of hydrogen-bond donors (Lipinski definition) is 1. The van der Waals surface area contributed by atoms with Crippen molar-refractivity contribution in [2.45, 2.75) is 6.54 Å². The van der Waals surface area contributed by atoms with E-state index in [-0.39, 0.29) is 11.9 Å². The highest BCUT2D eigenvalue weighted by Crippen LogP contribution is 2.16. The monoisotopic (exact) mass is 307 g/mol. The van der Waals surface area contributed by atoms with Crippen molar-refractivity contribution in [1.29, 1.82) is 0 Å². The lowest BCUT2D eigenvalue weighted by Gasteiger charge is -2.02. The van der Waals surface area contributed by atoms with Crippen molar-refractivity contribution in [2.24, 2.45) is 0 Å². The predicted octanol–water partition coefficient (Wildman–Crippen LogP) is 1.87. The summed E-state index contributed by atoms with van der Waals surface area (Å²) in [6.07, 6.45) is 1.64. The van der Waals surface area contributed by atoms with Gasteiger partial charge in [0.15, 0.2) is 0 Å². The maximum atomic E-state index is 11.9. The van der Waals surface area contributed by atoms with Crippen molar-refractivity contribution in [3.63, 3.8) is 0 Å². The first-order valence-corrected chi connectivity index (χ1v) is 5.94. The third-order valence-corrected chi connectivity index (χ3v) is 2.78. The van der Waals surface area contributed by atoms with Gasteiger partial charge < -0.3 is 0 Å². The van der Waals surface area contributed by atoms with Crippen molar-refractivity contribution in [1.82, 2.24) is 20.2 Å². The molecule has 1 aromatic carbocycles. The van der Waals surface area contributed by atoms with Crippen molar-refractivity contribution in [3.8, 4) is 0 Å². The summed E-state index contributed by atoms with van der Waals surface area (Å²) in [6.45, 7) is 4.01.